The summed E-state index contributed by atoms with van der Waals surface area (Å²) in [5.74, 6) is -4.80. The molecule has 1 aromatic carbocycles. The van der Waals surface area contributed by atoms with Gasteiger partial charge in [-0.2, -0.15) is 18.1 Å². The Morgan fingerprint density at radius 2 is 1.48 bits per heavy atom. The first-order chi connectivity index (χ1) is 19.2. The summed E-state index contributed by atoms with van der Waals surface area (Å²) in [6.07, 6.45) is -7.95. The number of halogens is 3. The average molecular weight is 601 g/mol. The molecule has 42 heavy (non-hydrogen) atoms. The first-order valence-electron chi connectivity index (χ1n) is 12.9. The summed E-state index contributed by atoms with van der Waals surface area (Å²) in [7, 11) is 0.912. The molecule has 0 radical (unpaired) electrons. The van der Waals surface area contributed by atoms with Gasteiger partial charge in [-0.15, -0.1) is 0 Å². The number of methoxy groups -OCH3 is 1. The molecule has 0 saturated carbocycles. The van der Waals surface area contributed by atoms with Crippen molar-refractivity contribution in [3.05, 3.63) is 47.7 Å². The lowest BCUT2D eigenvalue weighted by Crippen LogP contribution is -2.51. The number of imide groups is 1. The van der Waals surface area contributed by atoms with Gasteiger partial charge in [-0.3, -0.25) is 4.79 Å². The van der Waals surface area contributed by atoms with Crippen LogP contribution in [0.1, 0.15) is 59.9 Å². The van der Waals surface area contributed by atoms with E-state index in [2.05, 4.69) is 0 Å². The zero-order valence-corrected chi connectivity index (χ0v) is 24.4. The minimum atomic E-state index is -5.40. The summed E-state index contributed by atoms with van der Waals surface area (Å²) in [6, 6.07) is 5.05. The van der Waals surface area contributed by atoms with Crippen LogP contribution in [0.5, 0.6) is 0 Å². The first kappa shape index (κ1) is 34.1. The summed E-state index contributed by atoms with van der Waals surface area (Å²) in [5, 5.41) is 0. The average Bonchev–Trinajstić information content (AvgIpc) is 3.27. The Hall–Kier alpha value is -4.10. The normalized spacial score (nSPS) is 17.8. The van der Waals surface area contributed by atoms with E-state index in [1.54, 1.807) is 30.3 Å². The van der Waals surface area contributed by atoms with Crippen LogP contribution < -0.4 is 0 Å². The van der Waals surface area contributed by atoms with Crippen molar-refractivity contribution in [1.29, 1.82) is 0 Å². The second kappa shape index (κ2) is 13.3. The van der Waals surface area contributed by atoms with Crippen LogP contribution in [-0.4, -0.2) is 76.4 Å². The van der Waals surface area contributed by atoms with Gasteiger partial charge in [0.15, 0.2) is 0 Å². The highest BCUT2D eigenvalue weighted by molar-refractivity contribution is 6.01. The Morgan fingerprint density at radius 1 is 0.905 bits per heavy atom. The third-order valence-electron chi connectivity index (χ3n) is 5.53. The first-order valence-corrected chi connectivity index (χ1v) is 12.9. The lowest BCUT2D eigenvalue weighted by Gasteiger charge is -2.31. The molecule has 232 valence electrons. The topological polar surface area (TPSA) is 129 Å². The fourth-order valence-corrected chi connectivity index (χ4v) is 3.92. The van der Waals surface area contributed by atoms with Gasteiger partial charge in [0.2, 0.25) is 0 Å². The summed E-state index contributed by atoms with van der Waals surface area (Å²) < 4.78 is 61.4. The molecule has 1 saturated heterocycles. The number of benzene rings is 1. The molecule has 11 nitrogen and oxygen atoms in total. The molecule has 14 heteroatoms. The lowest BCUT2D eigenvalue weighted by molar-refractivity contribution is -0.191. The van der Waals surface area contributed by atoms with Crippen LogP contribution >= 0.6 is 0 Å². The van der Waals surface area contributed by atoms with Crippen molar-refractivity contribution in [3.63, 3.8) is 0 Å². The zero-order valence-electron chi connectivity index (χ0n) is 24.4. The molecule has 0 N–H and O–H groups in total. The number of alkyl halides is 3. The van der Waals surface area contributed by atoms with Gasteiger partial charge in [-0.1, -0.05) is 30.3 Å². The predicted octanol–water partition coefficient (Wildman–Crippen LogP) is 4.88. The van der Waals surface area contributed by atoms with E-state index in [4.69, 9.17) is 18.9 Å². The smallest absolute Gasteiger partial charge is 0.464 e. The minimum absolute atomic E-state index is 0.178. The van der Waals surface area contributed by atoms with Gasteiger partial charge in [0.05, 0.1) is 13.2 Å². The maximum Gasteiger partial charge on any atom is 0.471 e. The Bertz CT molecular complexity index is 1200. The zero-order chi connectivity index (χ0) is 32.0. The third kappa shape index (κ3) is 9.48. The summed E-state index contributed by atoms with van der Waals surface area (Å²) in [4.78, 5) is 65.0. The van der Waals surface area contributed by atoms with Crippen LogP contribution in [0.2, 0.25) is 0 Å². The number of carbonyl (C=O) groups is 5. The van der Waals surface area contributed by atoms with Gasteiger partial charge in [0.1, 0.15) is 29.5 Å². The minimum Gasteiger partial charge on any atom is -0.464 e. The molecule has 1 aliphatic heterocycles. The second-order valence-corrected chi connectivity index (χ2v) is 11.3. The number of hydrogen-bond acceptors (Lipinski definition) is 9. The Kier molecular flexibility index (Phi) is 10.8. The number of esters is 2. The molecule has 1 heterocycles. The maximum absolute atomic E-state index is 13.7. The summed E-state index contributed by atoms with van der Waals surface area (Å²) >= 11 is 0. The molecule has 1 aromatic rings. The highest BCUT2D eigenvalue weighted by Crippen LogP contribution is 2.33. The van der Waals surface area contributed by atoms with Crippen molar-refractivity contribution >= 4 is 30.0 Å². The van der Waals surface area contributed by atoms with Crippen molar-refractivity contribution in [1.82, 2.24) is 9.80 Å². The van der Waals surface area contributed by atoms with Gasteiger partial charge in [0, 0.05) is 0 Å². The predicted molar refractivity (Wildman–Crippen MR) is 140 cm³/mol. The van der Waals surface area contributed by atoms with Crippen LogP contribution in [0.15, 0.2) is 42.1 Å². The highest BCUT2D eigenvalue weighted by atomic mass is 19.4. The lowest BCUT2D eigenvalue weighted by atomic mass is 10.1. The SMILES string of the molecule is COC(=O)/C(=C/[C@H]1CC[C@@H](C(=O)OC(C)(C)C)N1C(=O)C(F)(F)F)N(C(=O)OCc1ccccc1)C(=O)OC(C)(C)C. The molecule has 0 spiro atoms. The van der Waals surface area contributed by atoms with E-state index in [0.717, 1.165) is 13.2 Å². The monoisotopic (exact) mass is 600 g/mol. The van der Waals surface area contributed by atoms with E-state index < -0.39 is 65.2 Å². The number of likely N-dealkylation sites (tertiary alicyclic amines) is 1. The van der Waals surface area contributed by atoms with Gasteiger partial charge >= 0.3 is 36.2 Å². The molecule has 0 aliphatic carbocycles. The summed E-state index contributed by atoms with van der Waals surface area (Å²) in [6.45, 7) is 8.60. The van der Waals surface area contributed by atoms with Crippen molar-refractivity contribution < 1.29 is 56.1 Å². The van der Waals surface area contributed by atoms with Gasteiger partial charge < -0.3 is 23.8 Å². The largest absolute Gasteiger partial charge is 0.471 e. The fraction of sp³-hybridized carbons (Fsp3) is 0.536. The summed E-state index contributed by atoms with van der Waals surface area (Å²) in [5.41, 5.74) is -2.61. The van der Waals surface area contributed by atoms with Crippen LogP contribution in [0.4, 0.5) is 22.8 Å². The number of ether oxygens (including phenoxy) is 4. The molecule has 2 atom stereocenters. The van der Waals surface area contributed by atoms with Crippen molar-refractivity contribution in [2.24, 2.45) is 0 Å². The van der Waals surface area contributed by atoms with Crippen molar-refractivity contribution in [2.45, 2.75) is 90.5 Å². The molecule has 0 aromatic heterocycles. The van der Waals surface area contributed by atoms with Crippen molar-refractivity contribution in [2.75, 3.05) is 7.11 Å². The van der Waals surface area contributed by atoms with E-state index in [9.17, 15) is 37.1 Å². The highest BCUT2D eigenvalue weighted by Gasteiger charge is 2.52. The molecule has 1 fully saturated rings. The third-order valence-corrected chi connectivity index (χ3v) is 5.53. The molecule has 0 bridgehead atoms. The van der Waals surface area contributed by atoms with Gasteiger partial charge in [-0.25, -0.2) is 19.2 Å². The fourth-order valence-electron chi connectivity index (χ4n) is 3.92. The van der Waals surface area contributed by atoms with E-state index >= 15 is 0 Å². The number of hydrogen-bond donors (Lipinski definition) is 0. The molecule has 0 unspecified atom stereocenters. The Morgan fingerprint density at radius 3 is 1.98 bits per heavy atom. The molecular formula is C28H35F3N2O9. The molecule has 3 amide bonds. The quantitative estimate of drug-likeness (QED) is 0.255. The van der Waals surface area contributed by atoms with Crippen LogP contribution in [0.3, 0.4) is 0 Å². The Balaban J connectivity index is 2.60. The van der Waals surface area contributed by atoms with Gasteiger partial charge in [-0.05, 0) is 66.0 Å². The van der Waals surface area contributed by atoms with Gasteiger partial charge in [0.25, 0.3) is 0 Å². The second-order valence-electron chi connectivity index (χ2n) is 11.3. The number of carbonyl (C=O) groups excluding carboxylic acids is 5. The molecular weight excluding hydrogens is 565 g/mol. The molecule has 1 aliphatic rings. The van der Waals surface area contributed by atoms with E-state index in [1.165, 1.54) is 41.5 Å². The number of nitrogens with zero attached hydrogens (tertiary/aromatic N) is 2. The van der Waals surface area contributed by atoms with E-state index in [1.807, 2.05) is 0 Å². The maximum atomic E-state index is 13.7. The number of amides is 3. The molecule has 2 rings (SSSR count). The van der Waals surface area contributed by atoms with Crippen LogP contribution in [0.25, 0.3) is 0 Å². The van der Waals surface area contributed by atoms with Crippen LogP contribution in [-0.2, 0) is 39.9 Å². The Labute approximate surface area is 241 Å². The van der Waals surface area contributed by atoms with E-state index in [0.29, 0.717) is 5.56 Å². The van der Waals surface area contributed by atoms with Crippen molar-refractivity contribution in [3.8, 4) is 0 Å². The number of rotatable bonds is 6. The van der Waals surface area contributed by atoms with Crippen LogP contribution in [0, 0.1) is 0 Å². The van der Waals surface area contributed by atoms with E-state index in [-0.39, 0.29) is 29.2 Å². The standard InChI is InChI=1S/C28H35F3N2O9/c1-26(2,3)41-22(35)19-14-13-18(32(19)23(36)28(29,30)31)15-20(21(34)39-7)33(25(38)42-27(4,5)6)24(37)40-16-17-11-9-8-10-12-17/h8-12,15,18-19H,13-14,16H2,1-7H3/b20-15-/t18-,19+/m1/s1.